The molecule has 0 unspecified atom stereocenters. The zero-order chi connectivity index (χ0) is 14.8. The second-order valence-corrected chi connectivity index (χ2v) is 6.24. The smallest absolute Gasteiger partial charge is 0.335 e. The van der Waals surface area contributed by atoms with Crippen LogP contribution in [-0.2, 0) is 6.54 Å². The highest BCUT2D eigenvalue weighted by molar-refractivity contribution is 5.92. The highest BCUT2D eigenvalue weighted by Crippen LogP contribution is 2.30. The van der Waals surface area contributed by atoms with Crippen molar-refractivity contribution in [3.8, 4) is 0 Å². The van der Waals surface area contributed by atoms with Gasteiger partial charge in [-0.15, -0.1) is 5.10 Å². The second kappa shape index (κ2) is 5.84. The molecule has 0 spiro atoms. The van der Waals surface area contributed by atoms with Crippen LogP contribution in [0.5, 0.6) is 0 Å². The number of fused-ring (bicyclic) bond motifs is 1. The van der Waals surface area contributed by atoms with Gasteiger partial charge in [0.2, 0.25) is 0 Å². The van der Waals surface area contributed by atoms with Crippen molar-refractivity contribution < 1.29 is 9.90 Å². The molecule has 112 valence electrons. The summed E-state index contributed by atoms with van der Waals surface area (Å²) in [4.78, 5) is 11.1. The van der Waals surface area contributed by atoms with Crippen molar-refractivity contribution >= 4 is 17.0 Å². The molecule has 2 aromatic rings. The standard InChI is InChI=1S/C16H21N3O2/c1-11-2-4-12(5-3-11)8-9-19-15-10-13(16(20)21)6-7-14(15)17-18-19/h6-7,10-12H,2-5,8-9H2,1H3,(H,20,21). The van der Waals surface area contributed by atoms with Crippen LogP contribution in [0.1, 0.15) is 49.4 Å². The Morgan fingerprint density at radius 2 is 2.10 bits per heavy atom. The molecule has 0 radical (unpaired) electrons. The van der Waals surface area contributed by atoms with Crippen molar-refractivity contribution in [3.63, 3.8) is 0 Å². The maximum Gasteiger partial charge on any atom is 0.335 e. The van der Waals surface area contributed by atoms with Crippen LogP contribution in [-0.4, -0.2) is 26.1 Å². The number of carbonyl (C=O) groups is 1. The van der Waals surface area contributed by atoms with Crippen LogP contribution in [0, 0.1) is 11.8 Å². The Labute approximate surface area is 124 Å². The highest BCUT2D eigenvalue weighted by atomic mass is 16.4. The van der Waals surface area contributed by atoms with Crippen molar-refractivity contribution in [1.82, 2.24) is 15.0 Å². The first-order valence-electron chi connectivity index (χ1n) is 7.70. The molecule has 0 atom stereocenters. The second-order valence-electron chi connectivity index (χ2n) is 6.24. The predicted molar refractivity (Wildman–Crippen MR) is 80.2 cm³/mol. The number of nitrogens with zero attached hydrogens (tertiary/aromatic N) is 3. The Hall–Kier alpha value is -1.91. The number of aromatic nitrogens is 3. The number of carboxylic acid groups (broad SMARTS) is 1. The largest absolute Gasteiger partial charge is 0.478 e. The minimum Gasteiger partial charge on any atom is -0.478 e. The fraction of sp³-hybridized carbons (Fsp3) is 0.562. The van der Waals surface area contributed by atoms with E-state index >= 15 is 0 Å². The lowest BCUT2D eigenvalue weighted by molar-refractivity contribution is 0.0697. The van der Waals surface area contributed by atoms with Gasteiger partial charge in [0.05, 0.1) is 11.1 Å². The number of rotatable bonds is 4. The van der Waals surface area contributed by atoms with Crippen molar-refractivity contribution in [2.45, 2.75) is 45.6 Å². The van der Waals surface area contributed by atoms with Gasteiger partial charge >= 0.3 is 5.97 Å². The number of aromatic carboxylic acids is 1. The lowest BCUT2D eigenvalue weighted by Crippen LogP contribution is -2.15. The minimum absolute atomic E-state index is 0.289. The van der Waals surface area contributed by atoms with Crippen LogP contribution in [0.15, 0.2) is 18.2 Å². The van der Waals surface area contributed by atoms with Crippen LogP contribution in [0.4, 0.5) is 0 Å². The summed E-state index contributed by atoms with van der Waals surface area (Å²) in [7, 11) is 0. The normalized spacial score (nSPS) is 22.5. The van der Waals surface area contributed by atoms with E-state index in [2.05, 4.69) is 17.2 Å². The third-order valence-electron chi connectivity index (χ3n) is 4.65. The van der Waals surface area contributed by atoms with Crippen LogP contribution < -0.4 is 0 Å². The lowest BCUT2D eigenvalue weighted by Gasteiger charge is -2.25. The Kier molecular flexibility index (Phi) is 3.90. The molecular weight excluding hydrogens is 266 g/mol. The molecule has 1 saturated carbocycles. The highest BCUT2D eigenvalue weighted by Gasteiger charge is 2.18. The van der Waals surface area contributed by atoms with E-state index < -0.39 is 5.97 Å². The number of aryl methyl sites for hydroxylation is 1. The molecule has 1 fully saturated rings. The molecule has 5 nitrogen and oxygen atoms in total. The quantitative estimate of drug-likeness (QED) is 0.936. The monoisotopic (exact) mass is 287 g/mol. The Morgan fingerprint density at radius 1 is 1.33 bits per heavy atom. The average molecular weight is 287 g/mol. The van der Waals surface area contributed by atoms with Crippen molar-refractivity contribution in [2.24, 2.45) is 11.8 Å². The lowest BCUT2D eigenvalue weighted by atomic mass is 9.81. The van der Waals surface area contributed by atoms with E-state index in [1.165, 1.54) is 25.7 Å². The van der Waals surface area contributed by atoms with Crippen LogP contribution in [0.2, 0.25) is 0 Å². The summed E-state index contributed by atoms with van der Waals surface area (Å²) in [6.07, 6.45) is 6.35. The first kappa shape index (κ1) is 14.0. The maximum absolute atomic E-state index is 11.1. The molecule has 1 N–H and O–H groups in total. The Morgan fingerprint density at radius 3 is 2.81 bits per heavy atom. The fourth-order valence-corrected chi connectivity index (χ4v) is 3.19. The van der Waals surface area contributed by atoms with Gasteiger partial charge in [-0.25, -0.2) is 9.48 Å². The van der Waals surface area contributed by atoms with E-state index in [0.717, 1.165) is 35.8 Å². The SMILES string of the molecule is CC1CCC(CCn2nnc3ccc(C(=O)O)cc32)CC1. The van der Waals surface area contributed by atoms with Gasteiger partial charge in [-0.05, 0) is 36.5 Å². The van der Waals surface area contributed by atoms with Gasteiger partial charge in [0.1, 0.15) is 5.52 Å². The molecule has 1 aliphatic carbocycles. The zero-order valence-electron chi connectivity index (χ0n) is 12.3. The third-order valence-corrected chi connectivity index (χ3v) is 4.65. The van der Waals surface area contributed by atoms with Crippen LogP contribution in [0.3, 0.4) is 0 Å². The van der Waals surface area contributed by atoms with E-state index in [1.54, 1.807) is 18.2 Å². The number of benzene rings is 1. The van der Waals surface area contributed by atoms with Gasteiger partial charge in [0.25, 0.3) is 0 Å². The zero-order valence-corrected chi connectivity index (χ0v) is 12.3. The van der Waals surface area contributed by atoms with Crippen molar-refractivity contribution in [3.05, 3.63) is 23.8 Å². The number of hydrogen-bond acceptors (Lipinski definition) is 3. The molecule has 1 aromatic carbocycles. The fourth-order valence-electron chi connectivity index (χ4n) is 3.19. The molecule has 0 amide bonds. The summed E-state index contributed by atoms with van der Waals surface area (Å²) >= 11 is 0. The van der Waals surface area contributed by atoms with Gasteiger partial charge < -0.3 is 5.11 Å². The first-order chi connectivity index (χ1) is 10.1. The van der Waals surface area contributed by atoms with Gasteiger partial charge in [-0.1, -0.05) is 37.8 Å². The third kappa shape index (κ3) is 3.06. The molecular formula is C16H21N3O2. The Bertz CT molecular complexity index is 642. The molecule has 1 aromatic heterocycles. The van der Waals surface area contributed by atoms with E-state index in [1.807, 2.05) is 4.68 Å². The molecule has 1 aliphatic rings. The van der Waals surface area contributed by atoms with Crippen molar-refractivity contribution in [1.29, 1.82) is 0 Å². The molecule has 0 aliphatic heterocycles. The summed E-state index contributed by atoms with van der Waals surface area (Å²) in [6.45, 7) is 3.15. The molecule has 3 rings (SSSR count). The maximum atomic E-state index is 11.1. The first-order valence-corrected chi connectivity index (χ1v) is 7.70. The van der Waals surface area contributed by atoms with Gasteiger partial charge in [0, 0.05) is 6.54 Å². The number of hydrogen-bond donors (Lipinski definition) is 1. The minimum atomic E-state index is -0.911. The molecule has 1 heterocycles. The van der Waals surface area contributed by atoms with Gasteiger partial charge in [0.15, 0.2) is 0 Å². The Balaban J connectivity index is 1.71. The molecule has 0 saturated heterocycles. The van der Waals surface area contributed by atoms with Crippen LogP contribution >= 0.6 is 0 Å². The summed E-state index contributed by atoms with van der Waals surface area (Å²) in [5, 5.41) is 17.4. The number of carboxylic acids is 1. The van der Waals surface area contributed by atoms with Gasteiger partial charge in [-0.2, -0.15) is 0 Å². The predicted octanol–water partition coefficient (Wildman–Crippen LogP) is 3.35. The summed E-state index contributed by atoms with van der Waals surface area (Å²) < 4.78 is 1.85. The average Bonchev–Trinajstić information content (AvgIpc) is 2.89. The molecule has 0 bridgehead atoms. The van der Waals surface area contributed by atoms with Crippen molar-refractivity contribution in [2.75, 3.05) is 0 Å². The van der Waals surface area contributed by atoms with Gasteiger partial charge in [-0.3, -0.25) is 0 Å². The molecule has 5 heteroatoms. The van der Waals surface area contributed by atoms with E-state index in [-0.39, 0.29) is 5.56 Å². The van der Waals surface area contributed by atoms with E-state index in [0.29, 0.717) is 0 Å². The van der Waals surface area contributed by atoms with Crippen LogP contribution in [0.25, 0.3) is 11.0 Å². The molecule has 21 heavy (non-hydrogen) atoms. The van der Waals surface area contributed by atoms with E-state index in [4.69, 9.17) is 5.11 Å². The topological polar surface area (TPSA) is 68.0 Å². The summed E-state index contributed by atoms with van der Waals surface area (Å²) in [5.41, 5.74) is 1.87. The summed E-state index contributed by atoms with van der Waals surface area (Å²) in [5.74, 6) is 0.723. The summed E-state index contributed by atoms with van der Waals surface area (Å²) in [6, 6.07) is 4.97. The van der Waals surface area contributed by atoms with E-state index in [9.17, 15) is 4.79 Å².